The molecule has 0 aliphatic carbocycles. The van der Waals surface area contributed by atoms with Crippen LogP contribution in [0.1, 0.15) is 77.6 Å². The van der Waals surface area contributed by atoms with Gasteiger partial charge in [-0.2, -0.15) is 0 Å². The number of ether oxygens (including phenoxy) is 1. The number of nitrogens with zero attached hydrogens (tertiary/aromatic N) is 1. The van der Waals surface area contributed by atoms with E-state index >= 15 is 0 Å². The van der Waals surface area contributed by atoms with E-state index in [0.717, 1.165) is 19.3 Å². The first kappa shape index (κ1) is 25.6. The highest BCUT2D eigenvalue weighted by Gasteiger charge is 2.25. The maximum Gasteiger partial charge on any atom is 0.328 e. The number of hydrogen-bond donors (Lipinski definition) is 1. The average Bonchev–Trinajstić information content (AvgIpc) is 2.67. The van der Waals surface area contributed by atoms with Gasteiger partial charge in [0.05, 0.1) is 11.0 Å². The molecule has 2 atom stereocenters. The van der Waals surface area contributed by atoms with E-state index in [4.69, 9.17) is 4.74 Å². The molecule has 0 aromatic heterocycles. The Hall–Kier alpha value is -2.44. The number of unbranched alkanes of at least 4 members (excludes halogenated alkanes) is 1. The van der Waals surface area contributed by atoms with Crippen LogP contribution < -0.4 is 5.32 Å². The van der Waals surface area contributed by atoms with Crippen LogP contribution in [0.4, 0.5) is 5.69 Å². The number of esters is 1. The van der Waals surface area contributed by atoms with E-state index in [1.54, 1.807) is 0 Å². The van der Waals surface area contributed by atoms with E-state index in [0.29, 0.717) is 6.42 Å². The van der Waals surface area contributed by atoms with Gasteiger partial charge in [-0.05, 0) is 37.8 Å². The van der Waals surface area contributed by atoms with E-state index in [2.05, 4.69) is 12.2 Å². The number of nitro groups is 1. The summed E-state index contributed by atoms with van der Waals surface area (Å²) in [5.41, 5.74) is 0.167. The van der Waals surface area contributed by atoms with Gasteiger partial charge in [-0.15, -0.1) is 0 Å². The normalized spacial score (nSPS) is 12.4. The third kappa shape index (κ3) is 9.48. The summed E-state index contributed by atoms with van der Waals surface area (Å²) >= 11 is 0. The zero-order valence-electron chi connectivity index (χ0n) is 17.9. The van der Waals surface area contributed by atoms with Gasteiger partial charge in [0.1, 0.15) is 6.04 Å². The molecule has 0 bridgehead atoms. The van der Waals surface area contributed by atoms with Crippen molar-refractivity contribution in [3.63, 3.8) is 0 Å². The predicted molar refractivity (Wildman–Crippen MR) is 110 cm³/mol. The van der Waals surface area contributed by atoms with E-state index < -0.39 is 22.8 Å². The van der Waals surface area contributed by atoms with Gasteiger partial charge in [0.25, 0.3) is 11.6 Å². The Balaban J connectivity index is 0.00000352. The lowest BCUT2D eigenvalue weighted by atomic mass is 10.0. The summed E-state index contributed by atoms with van der Waals surface area (Å²) in [6.07, 6.45) is 3.03. The SMILES string of the molecule is CC.CCCCC(C)OC(=O)[C@H](CC(C)C)NC(=O)c1ccc([N+](=O)[O-])cc1. The first-order chi connectivity index (χ1) is 13.2. The van der Waals surface area contributed by atoms with Crippen LogP contribution in [0.3, 0.4) is 0 Å². The van der Waals surface area contributed by atoms with Crippen molar-refractivity contribution >= 4 is 17.6 Å². The second kappa shape index (κ2) is 13.7. The van der Waals surface area contributed by atoms with Gasteiger partial charge >= 0.3 is 5.97 Å². The highest BCUT2D eigenvalue weighted by atomic mass is 16.6. The van der Waals surface area contributed by atoms with Gasteiger partial charge in [-0.3, -0.25) is 14.9 Å². The molecule has 1 aromatic rings. The number of nitrogens with one attached hydrogen (secondary N) is 1. The lowest BCUT2D eigenvalue weighted by Crippen LogP contribution is -2.43. The number of hydrogen-bond acceptors (Lipinski definition) is 5. The Morgan fingerprint density at radius 2 is 1.71 bits per heavy atom. The van der Waals surface area contributed by atoms with Crippen molar-refractivity contribution in [2.45, 2.75) is 79.4 Å². The Bertz CT molecular complexity index is 614. The molecule has 0 saturated heterocycles. The molecule has 1 aromatic carbocycles. The van der Waals surface area contributed by atoms with Crippen molar-refractivity contribution in [3.8, 4) is 0 Å². The van der Waals surface area contributed by atoms with Gasteiger partial charge in [0, 0.05) is 17.7 Å². The summed E-state index contributed by atoms with van der Waals surface area (Å²) in [4.78, 5) is 35.0. The monoisotopic (exact) mass is 394 g/mol. The number of carbonyl (C=O) groups is 2. The molecular weight excluding hydrogens is 360 g/mol. The number of carbonyl (C=O) groups excluding carboxylic acids is 2. The van der Waals surface area contributed by atoms with Crippen LogP contribution in [0.15, 0.2) is 24.3 Å². The van der Waals surface area contributed by atoms with Crippen LogP contribution in [0.25, 0.3) is 0 Å². The van der Waals surface area contributed by atoms with E-state index in [9.17, 15) is 19.7 Å². The molecule has 7 heteroatoms. The van der Waals surface area contributed by atoms with Crippen molar-refractivity contribution in [1.82, 2.24) is 5.32 Å². The number of nitro benzene ring substituents is 1. The zero-order valence-corrected chi connectivity index (χ0v) is 17.9. The smallest absolute Gasteiger partial charge is 0.328 e. The Morgan fingerprint density at radius 3 is 2.18 bits per heavy atom. The Morgan fingerprint density at radius 1 is 1.14 bits per heavy atom. The minimum Gasteiger partial charge on any atom is -0.461 e. The quantitative estimate of drug-likeness (QED) is 0.346. The minimum atomic E-state index is -0.748. The molecular formula is C21H34N2O5. The third-order valence-corrected chi connectivity index (χ3v) is 3.92. The van der Waals surface area contributed by atoms with E-state index in [-0.39, 0.29) is 23.3 Å². The van der Waals surface area contributed by atoms with Crippen molar-refractivity contribution in [3.05, 3.63) is 39.9 Å². The number of non-ortho nitro benzene ring substituents is 1. The van der Waals surface area contributed by atoms with Crippen LogP contribution >= 0.6 is 0 Å². The predicted octanol–water partition coefficient (Wildman–Crippen LogP) is 4.89. The molecule has 0 fully saturated rings. The summed E-state index contributed by atoms with van der Waals surface area (Å²) < 4.78 is 5.46. The van der Waals surface area contributed by atoms with Crippen LogP contribution in [-0.4, -0.2) is 28.9 Å². The summed E-state index contributed by atoms with van der Waals surface area (Å²) in [6, 6.07) is 4.51. The van der Waals surface area contributed by atoms with Gasteiger partial charge in [-0.25, -0.2) is 4.79 Å². The maximum atomic E-state index is 12.4. The standard InChI is InChI=1S/C19H28N2O5.C2H6/c1-5-6-7-14(4)26-19(23)17(12-13(2)3)20-18(22)15-8-10-16(11-9-15)21(24)25;1-2/h8-11,13-14,17H,5-7,12H2,1-4H3,(H,20,22);1-2H3/t14?,17-;/m0./s1. The van der Waals surface area contributed by atoms with Crippen LogP contribution in [0.5, 0.6) is 0 Å². The fraction of sp³-hybridized carbons (Fsp3) is 0.619. The third-order valence-electron chi connectivity index (χ3n) is 3.92. The number of amides is 1. The molecule has 1 amide bonds. The molecule has 0 aliphatic rings. The van der Waals surface area contributed by atoms with Crippen molar-refractivity contribution in [2.75, 3.05) is 0 Å². The summed E-state index contributed by atoms with van der Waals surface area (Å²) in [5, 5.41) is 13.4. The van der Waals surface area contributed by atoms with Crippen molar-refractivity contribution in [2.24, 2.45) is 5.92 Å². The van der Waals surface area contributed by atoms with Crippen LogP contribution in [0.2, 0.25) is 0 Å². The first-order valence-corrected chi connectivity index (χ1v) is 10.00. The maximum absolute atomic E-state index is 12.4. The zero-order chi connectivity index (χ0) is 21.7. The summed E-state index contributed by atoms with van der Waals surface area (Å²) in [5.74, 6) is -0.711. The highest BCUT2D eigenvalue weighted by molar-refractivity contribution is 5.96. The van der Waals surface area contributed by atoms with Gasteiger partial charge < -0.3 is 10.1 Å². The molecule has 0 aliphatic heterocycles. The Labute approximate surface area is 168 Å². The highest BCUT2D eigenvalue weighted by Crippen LogP contribution is 2.14. The van der Waals surface area contributed by atoms with Crippen LogP contribution in [-0.2, 0) is 9.53 Å². The number of rotatable bonds is 10. The summed E-state index contributed by atoms with van der Waals surface area (Å²) in [6.45, 7) is 11.8. The lowest BCUT2D eigenvalue weighted by molar-refractivity contribution is -0.384. The first-order valence-electron chi connectivity index (χ1n) is 10.00. The minimum absolute atomic E-state index is 0.0931. The van der Waals surface area contributed by atoms with Gasteiger partial charge in [0.15, 0.2) is 0 Å². The molecule has 1 N–H and O–H groups in total. The topological polar surface area (TPSA) is 98.5 Å². The second-order valence-corrected chi connectivity index (χ2v) is 6.85. The molecule has 0 saturated carbocycles. The summed E-state index contributed by atoms with van der Waals surface area (Å²) in [7, 11) is 0. The molecule has 1 rings (SSSR count). The van der Waals surface area contributed by atoms with E-state index in [1.165, 1.54) is 24.3 Å². The second-order valence-electron chi connectivity index (χ2n) is 6.85. The molecule has 28 heavy (non-hydrogen) atoms. The molecule has 0 heterocycles. The van der Waals surface area contributed by atoms with Gasteiger partial charge in [0.2, 0.25) is 0 Å². The van der Waals surface area contributed by atoms with E-state index in [1.807, 2.05) is 34.6 Å². The molecule has 0 radical (unpaired) electrons. The molecule has 1 unspecified atom stereocenters. The Kier molecular flexibility index (Phi) is 12.5. The average molecular weight is 395 g/mol. The molecule has 158 valence electrons. The van der Waals surface area contributed by atoms with Crippen molar-refractivity contribution < 1.29 is 19.2 Å². The lowest BCUT2D eigenvalue weighted by Gasteiger charge is -2.22. The van der Waals surface area contributed by atoms with Gasteiger partial charge in [-0.1, -0.05) is 47.5 Å². The fourth-order valence-corrected chi connectivity index (χ4v) is 2.49. The van der Waals surface area contributed by atoms with Crippen molar-refractivity contribution in [1.29, 1.82) is 0 Å². The number of benzene rings is 1. The largest absolute Gasteiger partial charge is 0.461 e. The molecule has 0 spiro atoms. The fourth-order valence-electron chi connectivity index (χ4n) is 2.49. The molecule has 7 nitrogen and oxygen atoms in total. The van der Waals surface area contributed by atoms with Crippen LogP contribution in [0, 0.1) is 16.0 Å².